The second-order valence-electron chi connectivity index (χ2n) is 5.08. The van der Waals surface area contributed by atoms with Crippen LogP contribution in [0.4, 0.5) is 5.69 Å². The first-order chi connectivity index (χ1) is 11.8. The molecule has 0 amide bonds. The SMILES string of the molecule is CCCCOc1ccc(OS(=O)(=O)c2ccc(Cl)c([N+](=O)[O-])c2)cc1. The zero-order valence-corrected chi connectivity index (χ0v) is 14.9. The minimum absolute atomic E-state index is 0.0699. The normalized spacial score (nSPS) is 11.1. The molecule has 0 aliphatic rings. The van der Waals surface area contributed by atoms with Crippen LogP contribution in [0.2, 0.25) is 5.02 Å². The third-order valence-electron chi connectivity index (χ3n) is 3.20. The number of halogens is 1. The standard InChI is InChI=1S/C16H16ClNO6S/c1-2-3-10-23-12-4-6-13(7-5-12)24-25(21,22)14-8-9-15(17)16(11-14)18(19)20/h4-9,11H,2-3,10H2,1H3. The van der Waals surface area contributed by atoms with Gasteiger partial charge in [-0.25, -0.2) is 0 Å². The first kappa shape index (κ1) is 19.0. The Morgan fingerprint density at radius 2 is 1.76 bits per heavy atom. The van der Waals surface area contributed by atoms with Gasteiger partial charge < -0.3 is 8.92 Å². The summed E-state index contributed by atoms with van der Waals surface area (Å²) in [4.78, 5) is 9.76. The van der Waals surface area contributed by atoms with E-state index >= 15 is 0 Å². The van der Waals surface area contributed by atoms with Crippen molar-refractivity contribution in [2.45, 2.75) is 24.7 Å². The van der Waals surface area contributed by atoms with E-state index in [2.05, 4.69) is 0 Å². The molecule has 0 fully saturated rings. The van der Waals surface area contributed by atoms with Crippen LogP contribution in [0, 0.1) is 10.1 Å². The van der Waals surface area contributed by atoms with E-state index in [1.807, 2.05) is 6.92 Å². The highest BCUT2D eigenvalue weighted by molar-refractivity contribution is 7.87. The maximum atomic E-state index is 12.3. The van der Waals surface area contributed by atoms with Crippen molar-refractivity contribution >= 4 is 27.4 Å². The second kappa shape index (κ2) is 8.17. The third kappa shape index (κ3) is 5.07. The molecule has 0 atom stereocenters. The number of benzene rings is 2. The molecule has 0 aliphatic heterocycles. The first-order valence-electron chi connectivity index (χ1n) is 7.45. The van der Waals surface area contributed by atoms with Gasteiger partial charge in [-0.1, -0.05) is 24.9 Å². The lowest BCUT2D eigenvalue weighted by Gasteiger charge is -2.09. The molecule has 0 aliphatic carbocycles. The van der Waals surface area contributed by atoms with Crippen LogP contribution in [-0.4, -0.2) is 19.9 Å². The van der Waals surface area contributed by atoms with Crippen LogP contribution in [0.5, 0.6) is 11.5 Å². The van der Waals surface area contributed by atoms with Crippen molar-refractivity contribution in [1.29, 1.82) is 0 Å². The lowest BCUT2D eigenvalue weighted by atomic mass is 10.3. The van der Waals surface area contributed by atoms with Gasteiger partial charge in [-0.15, -0.1) is 0 Å². The van der Waals surface area contributed by atoms with E-state index < -0.39 is 20.7 Å². The van der Waals surface area contributed by atoms with Gasteiger partial charge in [0.25, 0.3) is 5.69 Å². The van der Waals surface area contributed by atoms with Crippen molar-refractivity contribution < 1.29 is 22.3 Å². The summed E-state index contributed by atoms with van der Waals surface area (Å²) in [5.74, 6) is 0.667. The number of nitro groups is 1. The molecule has 2 rings (SSSR count). The van der Waals surface area contributed by atoms with Gasteiger partial charge in [0.2, 0.25) is 0 Å². The van der Waals surface area contributed by atoms with Crippen molar-refractivity contribution in [2.24, 2.45) is 0 Å². The third-order valence-corrected chi connectivity index (χ3v) is 4.76. The first-order valence-corrected chi connectivity index (χ1v) is 9.23. The fourth-order valence-corrected chi connectivity index (χ4v) is 3.03. The lowest BCUT2D eigenvalue weighted by Crippen LogP contribution is -2.10. The molecule has 0 saturated heterocycles. The molecule has 0 saturated carbocycles. The fraction of sp³-hybridized carbons (Fsp3) is 0.250. The Bertz CT molecular complexity index is 851. The van der Waals surface area contributed by atoms with E-state index in [1.54, 1.807) is 12.1 Å². The molecular formula is C16H16ClNO6S. The van der Waals surface area contributed by atoms with Crippen LogP contribution < -0.4 is 8.92 Å². The van der Waals surface area contributed by atoms with Crippen LogP contribution in [0.1, 0.15) is 19.8 Å². The van der Waals surface area contributed by atoms with Crippen molar-refractivity contribution in [1.82, 2.24) is 0 Å². The molecule has 7 nitrogen and oxygen atoms in total. The largest absolute Gasteiger partial charge is 0.494 e. The zero-order valence-electron chi connectivity index (χ0n) is 13.3. The van der Waals surface area contributed by atoms with Crippen molar-refractivity contribution in [2.75, 3.05) is 6.61 Å². The molecular weight excluding hydrogens is 370 g/mol. The van der Waals surface area contributed by atoms with E-state index in [-0.39, 0.29) is 15.7 Å². The highest BCUT2D eigenvalue weighted by atomic mass is 35.5. The van der Waals surface area contributed by atoms with E-state index in [0.29, 0.717) is 12.4 Å². The fourth-order valence-electron chi connectivity index (χ4n) is 1.89. The van der Waals surface area contributed by atoms with Gasteiger partial charge in [0.15, 0.2) is 0 Å². The van der Waals surface area contributed by atoms with E-state index in [9.17, 15) is 18.5 Å². The Balaban J connectivity index is 2.16. The molecule has 0 radical (unpaired) electrons. The van der Waals surface area contributed by atoms with Gasteiger partial charge in [0.1, 0.15) is 21.4 Å². The number of ether oxygens (including phenoxy) is 1. The Kier molecular flexibility index (Phi) is 6.22. The monoisotopic (exact) mass is 385 g/mol. The summed E-state index contributed by atoms with van der Waals surface area (Å²) < 4.78 is 35.0. The Labute approximate surface area is 150 Å². The summed E-state index contributed by atoms with van der Waals surface area (Å²) in [6.45, 7) is 2.62. The maximum absolute atomic E-state index is 12.3. The number of unbranched alkanes of at least 4 members (excludes halogenated alkanes) is 1. The van der Waals surface area contributed by atoms with Crippen LogP contribution in [0.15, 0.2) is 47.4 Å². The maximum Gasteiger partial charge on any atom is 0.339 e. The second-order valence-corrected chi connectivity index (χ2v) is 7.03. The van der Waals surface area contributed by atoms with Gasteiger partial charge in [0.05, 0.1) is 11.5 Å². The number of rotatable bonds is 8. The van der Waals surface area contributed by atoms with Gasteiger partial charge in [-0.2, -0.15) is 8.42 Å². The zero-order chi connectivity index (χ0) is 18.4. The smallest absolute Gasteiger partial charge is 0.339 e. The molecule has 0 N–H and O–H groups in total. The number of hydrogen-bond donors (Lipinski definition) is 0. The molecule has 25 heavy (non-hydrogen) atoms. The molecule has 0 unspecified atom stereocenters. The molecule has 2 aromatic rings. The quantitative estimate of drug-likeness (QED) is 0.292. The number of nitro benzene ring substituents is 1. The van der Waals surface area contributed by atoms with E-state index in [1.165, 1.54) is 12.1 Å². The average molecular weight is 386 g/mol. The summed E-state index contributed by atoms with van der Waals surface area (Å²) in [5, 5.41) is 10.7. The molecule has 9 heteroatoms. The molecule has 0 heterocycles. The summed E-state index contributed by atoms with van der Waals surface area (Å²) >= 11 is 5.68. The Morgan fingerprint density at radius 1 is 1.12 bits per heavy atom. The van der Waals surface area contributed by atoms with Crippen LogP contribution in [0.25, 0.3) is 0 Å². The Morgan fingerprint density at radius 3 is 2.36 bits per heavy atom. The summed E-state index contributed by atoms with van der Waals surface area (Å²) in [5.41, 5.74) is -0.508. The molecule has 0 spiro atoms. The lowest BCUT2D eigenvalue weighted by molar-refractivity contribution is -0.384. The van der Waals surface area contributed by atoms with Crippen LogP contribution in [0.3, 0.4) is 0 Å². The van der Waals surface area contributed by atoms with E-state index in [4.69, 9.17) is 20.5 Å². The van der Waals surface area contributed by atoms with Crippen LogP contribution in [-0.2, 0) is 10.1 Å². The highest BCUT2D eigenvalue weighted by Crippen LogP contribution is 2.29. The highest BCUT2D eigenvalue weighted by Gasteiger charge is 2.22. The predicted octanol–water partition coefficient (Wildman–Crippen LogP) is 4.19. The summed E-state index contributed by atoms with van der Waals surface area (Å²) in [6.07, 6.45) is 1.93. The molecule has 0 aromatic heterocycles. The number of nitrogens with zero attached hydrogens (tertiary/aromatic N) is 1. The minimum atomic E-state index is -4.22. The van der Waals surface area contributed by atoms with Crippen LogP contribution >= 0.6 is 11.6 Å². The molecule has 134 valence electrons. The summed E-state index contributed by atoms with van der Waals surface area (Å²) in [6, 6.07) is 9.22. The topological polar surface area (TPSA) is 95.7 Å². The molecule has 0 bridgehead atoms. The Hall–Kier alpha value is -2.32. The van der Waals surface area contributed by atoms with Gasteiger partial charge in [-0.3, -0.25) is 10.1 Å². The van der Waals surface area contributed by atoms with Crippen molar-refractivity contribution in [3.8, 4) is 11.5 Å². The van der Waals surface area contributed by atoms with Crippen molar-refractivity contribution in [3.63, 3.8) is 0 Å². The van der Waals surface area contributed by atoms with Gasteiger partial charge >= 0.3 is 10.1 Å². The molecule has 2 aromatic carbocycles. The van der Waals surface area contributed by atoms with Gasteiger partial charge in [0, 0.05) is 6.07 Å². The predicted molar refractivity (Wildman–Crippen MR) is 92.8 cm³/mol. The minimum Gasteiger partial charge on any atom is -0.494 e. The average Bonchev–Trinajstić information content (AvgIpc) is 2.56. The number of hydrogen-bond acceptors (Lipinski definition) is 6. The van der Waals surface area contributed by atoms with Gasteiger partial charge in [-0.05, 0) is 42.8 Å². The summed E-state index contributed by atoms with van der Waals surface area (Å²) in [7, 11) is -4.22. The van der Waals surface area contributed by atoms with E-state index in [0.717, 1.165) is 31.0 Å². The van der Waals surface area contributed by atoms with Crippen molar-refractivity contribution in [3.05, 3.63) is 57.6 Å².